The zero-order chi connectivity index (χ0) is 14.8. The van der Waals surface area contributed by atoms with E-state index in [1.54, 1.807) is 36.7 Å². The van der Waals surface area contributed by atoms with Crippen LogP contribution in [0.25, 0.3) is 22.4 Å². The molecule has 0 bridgehead atoms. The molecule has 1 aromatic carbocycles. The molecule has 3 aromatic rings. The van der Waals surface area contributed by atoms with Crippen LogP contribution in [0.3, 0.4) is 0 Å². The number of aryl methyl sites for hydroxylation is 1. The molecular formula is C15H13N3O3. The highest BCUT2D eigenvalue weighted by Crippen LogP contribution is 2.30. The van der Waals surface area contributed by atoms with E-state index in [0.717, 1.165) is 16.8 Å². The van der Waals surface area contributed by atoms with E-state index in [1.165, 1.54) is 0 Å². The first-order valence-corrected chi connectivity index (χ1v) is 6.48. The van der Waals surface area contributed by atoms with E-state index in [2.05, 4.69) is 15.0 Å². The van der Waals surface area contributed by atoms with Crippen molar-refractivity contribution < 1.29 is 15.0 Å². The Hall–Kier alpha value is -2.89. The van der Waals surface area contributed by atoms with Crippen LogP contribution < -0.4 is 0 Å². The van der Waals surface area contributed by atoms with Crippen molar-refractivity contribution in [3.63, 3.8) is 0 Å². The fraction of sp³-hybridized carbons (Fsp3) is 0.133. The van der Waals surface area contributed by atoms with Crippen LogP contribution in [-0.2, 0) is 11.2 Å². The molecule has 0 saturated carbocycles. The lowest BCUT2D eigenvalue weighted by Crippen LogP contribution is -1.98. The predicted octanol–water partition coefficient (Wildman–Crippen LogP) is 2.35. The highest BCUT2D eigenvalue weighted by atomic mass is 16.4. The molecule has 3 N–H and O–H groups in total. The molecule has 6 heteroatoms. The molecule has 2 heterocycles. The number of nitrogens with zero attached hydrogens (tertiary/aromatic N) is 2. The smallest absolute Gasteiger partial charge is 0.303 e. The maximum Gasteiger partial charge on any atom is 0.303 e. The van der Waals surface area contributed by atoms with Crippen molar-refractivity contribution in [3.05, 3.63) is 42.2 Å². The second kappa shape index (κ2) is 5.24. The van der Waals surface area contributed by atoms with Crippen LogP contribution >= 0.6 is 0 Å². The van der Waals surface area contributed by atoms with Crippen LogP contribution in [0.4, 0.5) is 0 Å². The van der Waals surface area contributed by atoms with Gasteiger partial charge in [-0.25, -0.2) is 4.98 Å². The van der Waals surface area contributed by atoms with E-state index < -0.39 is 5.97 Å². The lowest BCUT2D eigenvalue weighted by Gasteiger charge is -2.03. The van der Waals surface area contributed by atoms with Gasteiger partial charge in [-0.15, -0.1) is 0 Å². The lowest BCUT2D eigenvalue weighted by molar-refractivity contribution is -0.136. The minimum absolute atomic E-state index is 0.0224. The van der Waals surface area contributed by atoms with Gasteiger partial charge in [0.15, 0.2) is 5.65 Å². The number of fused-ring (bicyclic) bond motifs is 1. The number of phenols is 1. The Balaban J connectivity index is 2.13. The first-order valence-electron chi connectivity index (χ1n) is 6.48. The Morgan fingerprint density at radius 1 is 1.14 bits per heavy atom. The number of aromatic amines is 1. The largest absolute Gasteiger partial charge is 0.508 e. The number of phenolic OH excluding ortho intramolecular Hbond substituents is 1. The van der Waals surface area contributed by atoms with Crippen molar-refractivity contribution in [2.24, 2.45) is 0 Å². The van der Waals surface area contributed by atoms with E-state index in [-0.39, 0.29) is 12.2 Å². The number of carboxylic acids is 1. The van der Waals surface area contributed by atoms with Crippen molar-refractivity contribution in [1.29, 1.82) is 0 Å². The molecule has 6 nitrogen and oxygen atoms in total. The molecule has 0 amide bonds. The van der Waals surface area contributed by atoms with Crippen LogP contribution in [0.1, 0.15) is 12.0 Å². The van der Waals surface area contributed by atoms with Crippen molar-refractivity contribution >= 4 is 17.1 Å². The van der Waals surface area contributed by atoms with Crippen LogP contribution in [0.2, 0.25) is 0 Å². The summed E-state index contributed by atoms with van der Waals surface area (Å²) in [6.45, 7) is 0. The Morgan fingerprint density at radius 3 is 2.57 bits per heavy atom. The van der Waals surface area contributed by atoms with Gasteiger partial charge in [0, 0.05) is 24.4 Å². The molecule has 106 valence electrons. The van der Waals surface area contributed by atoms with Gasteiger partial charge in [0.2, 0.25) is 0 Å². The molecule has 0 atom stereocenters. The third-order valence-corrected chi connectivity index (χ3v) is 3.27. The van der Waals surface area contributed by atoms with E-state index >= 15 is 0 Å². The average molecular weight is 283 g/mol. The van der Waals surface area contributed by atoms with E-state index in [4.69, 9.17) is 5.11 Å². The molecule has 0 saturated heterocycles. The topological polar surface area (TPSA) is 99.1 Å². The first kappa shape index (κ1) is 13.1. The summed E-state index contributed by atoms with van der Waals surface area (Å²) in [6.07, 6.45) is 3.56. The molecule has 2 aromatic heterocycles. The number of nitrogens with one attached hydrogen (secondary N) is 1. The monoisotopic (exact) mass is 283 g/mol. The van der Waals surface area contributed by atoms with Crippen LogP contribution in [-0.4, -0.2) is 31.1 Å². The molecule has 0 unspecified atom stereocenters. The number of carboxylic acid groups (broad SMARTS) is 1. The second-order valence-electron chi connectivity index (χ2n) is 4.67. The summed E-state index contributed by atoms with van der Waals surface area (Å²) in [5, 5.41) is 18.3. The normalized spacial score (nSPS) is 10.9. The lowest BCUT2D eigenvalue weighted by atomic mass is 10.0. The van der Waals surface area contributed by atoms with Crippen LogP contribution in [0, 0.1) is 0 Å². The summed E-state index contributed by atoms with van der Waals surface area (Å²) in [7, 11) is 0. The maximum atomic E-state index is 10.8. The molecule has 3 rings (SSSR count). The molecule has 21 heavy (non-hydrogen) atoms. The fourth-order valence-electron chi connectivity index (χ4n) is 2.31. The van der Waals surface area contributed by atoms with Gasteiger partial charge in [-0.05, 0) is 36.2 Å². The second-order valence-corrected chi connectivity index (χ2v) is 4.67. The van der Waals surface area contributed by atoms with Gasteiger partial charge in [0.25, 0.3) is 0 Å². The van der Waals surface area contributed by atoms with Gasteiger partial charge in [-0.3, -0.25) is 9.78 Å². The third-order valence-electron chi connectivity index (χ3n) is 3.27. The standard InChI is InChI=1S/C15H13N3O3/c19-10-3-1-9(2-4-10)13-11(5-6-12(20)21)14-15(18-13)17-8-7-16-14/h1-4,7-8,19H,5-6H2,(H,17,18)(H,20,21). The quantitative estimate of drug-likeness (QED) is 0.682. The predicted molar refractivity (Wildman–Crippen MR) is 76.9 cm³/mol. The number of aliphatic carboxylic acids is 1. The molecule has 0 fully saturated rings. The van der Waals surface area contributed by atoms with Gasteiger partial charge >= 0.3 is 5.97 Å². The van der Waals surface area contributed by atoms with Gasteiger partial charge in [0.05, 0.1) is 5.69 Å². The molecule has 0 spiro atoms. The Labute approximate surface area is 120 Å². The summed E-state index contributed by atoms with van der Waals surface area (Å²) in [4.78, 5) is 22.5. The van der Waals surface area contributed by atoms with E-state index in [0.29, 0.717) is 17.6 Å². The minimum atomic E-state index is -0.857. The average Bonchev–Trinajstić information content (AvgIpc) is 2.84. The fourth-order valence-corrected chi connectivity index (χ4v) is 2.31. The number of hydrogen-bond acceptors (Lipinski definition) is 4. The van der Waals surface area contributed by atoms with Gasteiger partial charge in [0.1, 0.15) is 11.3 Å². The number of aromatic nitrogens is 3. The molecule has 0 radical (unpaired) electrons. The summed E-state index contributed by atoms with van der Waals surface area (Å²) >= 11 is 0. The van der Waals surface area contributed by atoms with E-state index in [9.17, 15) is 9.90 Å². The van der Waals surface area contributed by atoms with Gasteiger partial charge in [-0.1, -0.05) is 0 Å². The molecule has 0 aliphatic heterocycles. The van der Waals surface area contributed by atoms with Crippen LogP contribution in [0.15, 0.2) is 36.7 Å². The number of hydrogen-bond donors (Lipinski definition) is 3. The molecular weight excluding hydrogens is 270 g/mol. The molecule has 0 aliphatic carbocycles. The number of H-pyrrole nitrogens is 1. The number of carbonyl (C=O) groups is 1. The zero-order valence-electron chi connectivity index (χ0n) is 11.1. The Morgan fingerprint density at radius 2 is 1.86 bits per heavy atom. The van der Waals surface area contributed by atoms with Gasteiger partial charge in [-0.2, -0.15) is 0 Å². The Bertz CT molecular complexity index is 794. The third kappa shape index (κ3) is 2.55. The van der Waals surface area contributed by atoms with Crippen molar-refractivity contribution in [2.75, 3.05) is 0 Å². The van der Waals surface area contributed by atoms with Crippen molar-refractivity contribution in [1.82, 2.24) is 15.0 Å². The highest BCUT2D eigenvalue weighted by molar-refractivity contribution is 5.85. The number of aromatic hydroxyl groups is 1. The van der Waals surface area contributed by atoms with Crippen molar-refractivity contribution in [2.45, 2.75) is 12.8 Å². The SMILES string of the molecule is O=C(O)CCc1c(-c2ccc(O)cc2)[nH]c2nccnc12. The summed E-state index contributed by atoms with van der Waals surface area (Å²) in [6, 6.07) is 6.71. The summed E-state index contributed by atoms with van der Waals surface area (Å²) in [5.74, 6) is -0.678. The first-order chi connectivity index (χ1) is 10.1. The summed E-state index contributed by atoms with van der Waals surface area (Å²) < 4.78 is 0. The zero-order valence-corrected chi connectivity index (χ0v) is 11.1. The number of rotatable bonds is 4. The van der Waals surface area contributed by atoms with Crippen LogP contribution in [0.5, 0.6) is 5.75 Å². The minimum Gasteiger partial charge on any atom is -0.508 e. The van der Waals surface area contributed by atoms with Gasteiger partial charge < -0.3 is 15.2 Å². The molecule has 0 aliphatic rings. The number of benzene rings is 1. The Kier molecular flexibility index (Phi) is 3.27. The maximum absolute atomic E-state index is 10.8. The highest BCUT2D eigenvalue weighted by Gasteiger charge is 2.15. The summed E-state index contributed by atoms with van der Waals surface area (Å²) in [5.41, 5.74) is 3.78. The van der Waals surface area contributed by atoms with Crippen molar-refractivity contribution in [3.8, 4) is 17.0 Å². The van der Waals surface area contributed by atoms with E-state index in [1.807, 2.05) is 0 Å².